The summed E-state index contributed by atoms with van der Waals surface area (Å²) in [5, 5.41) is 12.9. The lowest BCUT2D eigenvalue weighted by Crippen LogP contribution is -2.29. The standard InChI is InChI=1S/C23H18FNO3S/c1-13-10-11-29-22(13)19-18(20(26)15-8-9-17(24)14(2)12-15)21(27)23(28)25(19)16-6-4-3-5-7-16/h3-12,19,26H,1-2H3/b20-18-. The van der Waals surface area contributed by atoms with Gasteiger partial charge in [0.1, 0.15) is 17.6 Å². The van der Waals surface area contributed by atoms with Crippen LogP contribution in [0.2, 0.25) is 0 Å². The highest BCUT2D eigenvalue weighted by molar-refractivity contribution is 7.10. The Morgan fingerprint density at radius 2 is 1.76 bits per heavy atom. The number of anilines is 1. The van der Waals surface area contributed by atoms with Gasteiger partial charge in [0.15, 0.2) is 0 Å². The van der Waals surface area contributed by atoms with Gasteiger partial charge in [0.25, 0.3) is 11.7 Å². The number of para-hydroxylation sites is 1. The van der Waals surface area contributed by atoms with Gasteiger partial charge in [-0.1, -0.05) is 18.2 Å². The number of aliphatic hydroxyl groups is 1. The van der Waals surface area contributed by atoms with Crippen molar-refractivity contribution in [2.45, 2.75) is 19.9 Å². The molecule has 4 rings (SSSR count). The molecule has 1 aliphatic rings. The van der Waals surface area contributed by atoms with Gasteiger partial charge in [0, 0.05) is 16.1 Å². The second-order valence-electron chi connectivity index (χ2n) is 6.94. The third-order valence-corrected chi connectivity index (χ3v) is 6.13. The van der Waals surface area contributed by atoms with E-state index in [-0.39, 0.29) is 11.3 Å². The fourth-order valence-electron chi connectivity index (χ4n) is 3.55. The molecule has 3 aromatic rings. The zero-order chi connectivity index (χ0) is 20.7. The molecule has 0 aliphatic carbocycles. The maximum Gasteiger partial charge on any atom is 0.300 e. The second-order valence-corrected chi connectivity index (χ2v) is 7.88. The molecule has 1 unspecified atom stereocenters. The van der Waals surface area contributed by atoms with Gasteiger partial charge in [-0.25, -0.2) is 4.39 Å². The Morgan fingerprint density at radius 1 is 1.03 bits per heavy atom. The number of carbonyl (C=O) groups excluding carboxylic acids is 2. The van der Waals surface area contributed by atoms with Crippen LogP contribution in [0.4, 0.5) is 10.1 Å². The first-order chi connectivity index (χ1) is 13.9. The van der Waals surface area contributed by atoms with Crippen LogP contribution in [0.25, 0.3) is 5.76 Å². The fraction of sp³-hybridized carbons (Fsp3) is 0.130. The van der Waals surface area contributed by atoms with Crippen LogP contribution in [0.1, 0.15) is 27.6 Å². The van der Waals surface area contributed by atoms with E-state index in [1.807, 2.05) is 24.4 Å². The van der Waals surface area contributed by atoms with Gasteiger partial charge >= 0.3 is 0 Å². The van der Waals surface area contributed by atoms with Crippen LogP contribution in [-0.4, -0.2) is 16.8 Å². The summed E-state index contributed by atoms with van der Waals surface area (Å²) in [6.07, 6.45) is 0. The Kier molecular flexibility index (Phi) is 4.80. The molecule has 0 saturated carbocycles. The quantitative estimate of drug-likeness (QED) is 0.372. The van der Waals surface area contributed by atoms with E-state index < -0.39 is 23.5 Å². The Morgan fingerprint density at radius 3 is 2.38 bits per heavy atom. The van der Waals surface area contributed by atoms with Gasteiger partial charge in [-0.2, -0.15) is 0 Å². The lowest BCUT2D eigenvalue weighted by Gasteiger charge is -2.25. The van der Waals surface area contributed by atoms with E-state index >= 15 is 0 Å². The minimum atomic E-state index is -0.758. The van der Waals surface area contributed by atoms with Gasteiger partial charge in [-0.3, -0.25) is 14.5 Å². The molecular weight excluding hydrogens is 389 g/mol. The maximum atomic E-state index is 13.7. The number of amides is 1. The van der Waals surface area contributed by atoms with Gasteiger partial charge in [-0.05, 0) is 66.8 Å². The van der Waals surface area contributed by atoms with Crippen LogP contribution >= 0.6 is 11.3 Å². The number of halogens is 1. The number of nitrogens with zero attached hydrogens (tertiary/aromatic N) is 1. The number of aryl methyl sites for hydroxylation is 2. The molecule has 1 aromatic heterocycles. The van der Waals surface area contributed by atoms with Crippen molar-refractivity contribution in [3.8, 4) is 0 Å². The largest absolute Gasteiger partial charge is 0.507 e. The summed E-state index contributed by atoms with van der Waals surface area (Å²) in [4.78, 5) is 28.2. The van der Waals surface area contributed by atoms with E-state index in [2.05, 4.69) is 0 Å². The molecule has 6 heteroatoms. The van der Waals surface area contributed by atoms with Crippen molar-refractivity contribution in [1.29, 1.82) is 0 Å². The zero-order valence-corrected chi connectivity index (χ0v) is 16.7. The first kappa shape index (κ1) is 19.1. The summed E-state index contributed by atoms with van der Waals surface area (Å²) >= 11 is 1.42. The van der Waals surface area contributed by atoms with Crippen LogP contribution in [0.5, 0.6) is 0 Å². The summed E-state index contributed by atoms with van der Waals surface area (Å²) in [6, 6.07) is 14.2. The number of ketones is 1. The van der Waals surface area contributed by atoms with Gasteiger partial charge in [0.2, 0.25) is 0 Å². The van der Waals surface area contributed by atoms with E-state index in [1.54, 1.807) is 31.2 Å². The Balaban J connectivity index is 1.96. The van der Waals surface area contributed by atoms with E-state index in [0.717, 1.165) is 10.4 Å². The lowest BCUT2D eigenvalue weighted by molar-refractivity contribution is -0.132. The van der Waals surface area contributed by atoms with Crippen LogP contribution in [0.15, 0.2) is 65.6 Å². The monoisotopic (exact) mass is 407 g/mol. The third kappa shape index (κ3) is 3.15. The van der Waals surface area contributed by atoms with Gasteiger partial charge in [-0.15, -0.1) is 11.3 Å². The van der Waals surface area contributed by atoms with Crippen molar-refractivity contribution < 1.29 is 19.1 Å². The Labute approximate surface area is 171 Å². The molecule has 146 valence electrons. The summed E-state index contributed by atoms with van der Waals surface area (Å²) in [5.41, 5.74) is 2.14. The molecule has 1 N–H and O–H groups in total. The number of aliphatic hydroxyl groups excluding tert-OH is 1. The number of Topliss-reactive ketones (excluding diaryl/α,β-unsaturated/α-hetero) is 1. The van der Waals surface area contributed by atoms with Crippen molar-refractivity contribution in [3.05, 3.63) is 92.9 Å². The van der Waals surface area contributed by atoms with E-state index in [0.29, 0.717) is 16.8 Å². The average molecular weight is 407 g/mol. The first-order valence-electron chi connectivity index (χ1n) is 9.06. The topological polar surface area (TPSA) is 57.6 Å². The Hall–Kier alpha value is -3.25. The summed E-state index contributed by atoms with van der Waals surface area (Å²) in [5.74, 6) is -2.17. The molecule has 1 atom stereocenters. The van der Waals surface area contributed by atoms with E-state index in [1.165, 1.54) is 34.4 Å². The normalized spacial score (nSPS) is 18.4. The molecule has 0 radical (unpaired) electrons. The number of hydrogen-bond donors (Lipinski definition) is 1. The van der Waals surface area contributed by atoms with Crippen LogP contribution in [-0.2, 0) is 9.59 Å². The molecule has 1 amide bonds. The molecule has 0 bridgehead atoms. The van der Waals surface area contributed by atoms with Crippen molar-refractivity contribution in [2.75, 3.05) is 4.90 Å². The van der Waals surface area contributed by atoms with Crippen molar-refractivity contribution >= 4 is 34.5 Å². The van der Waals surface area contributed by atoms with Crippen molar-refractivity contribution in [1.82, 2.24) is 0 Å². The number of carbonyl (C=O) groups is 2. The number of benzene rings is 2. The number of rotatable bonds is 3. The van der Waals surface area contributed by atoms with Crippen molar-refractivity contribution in [3.63, 3.8) is 0 Å². The molecule has 1 fully saturated rings. The summed E-state index contributed by atoms with van der Waals surface area (Å²) < 4.78 is 13.7. The highest BCUT2D eigenvalue weighted by Gasteiger charge is 2.47. The fourth-order valence-corrected chi connectivity index (χ4v) is 4.57. The first-order valence-corrected chi connectivity index (χ1v) is 9.94. The van der Waals surface area contributed by atoms with Gasteiger partial charge < -0.3 is 5.11 Å². The van der Waals surface area contributed by atoms with Crippen LogP contribution in [0.3, 0.4) is 0 Å². The third-order valence-electron chi connectivity index (χ3n) is 5.06. The number of thiophene rings is 1. The molecule has 29 heavy (non-hydrogen) atoms. The van der Waals surface area contributed by atoms with Gasteiger partial charge in [0.05, 0.1) is 5.57 Å². The summed E-state index contributed by atoms with van der Waals surface area (Å²) in [6.45, 7) is 3.48. The molecule has 1 saturated heterocycles. The minimum Gasteiger partial charge on any atom is -0.507 e. The van der Waals surface area contributed by atoms with Crippen LogP contribution in [0, 0.1) is 19.7 Å². The molecule has 2 aromatic carbocycles. The predicted molar refractivity (Wildman–Crippen MR) is 111 cm³/mol. The van der Waals surface area contributed by atoms with Crippen LogP contribution < -0.4 is 4.90 Å². The maximum absolute atomic E-state index is 13.7. The molecule has 0 spiro atoms. The minimum absolute atomic E-state index is 0.00964. The average Bonchev–Trinajstić information content (AvgIpc) is 3.25. The zero-order valence-electron chi connectivity index (χ0n) is 15.8. The molecule has 1 aliphatic heterocycles. The highest BCUT2D eigenvalue weighted by Crippen LogP contribution is 2.44. The molecule has 2 heterocycles. The predicted octanol–water partition coefficient (Wildman–Crippen LogP) is 5.13. The van der Waals surface area contributed by atoms with E-state index in [4.69, 9.17) is 0 Å². The highest BCUT2D eigenvalue weighted by atomic mass is 32.1. The van der Waals surface area contributed by atoms with Crippen molar-refractivity contribution in [2.24, 2.45) is 0 Å². The second kappa shape index (κ2) is 7.29. The smallest absolute Gasteiger partial charge is 0.300 e. The number of hydrogen-bond acceptors (Lipinski definition) is 4. The summed E-state index contributed by atoms with van der Waals surface area (Å²) in [7, 11) is 0. The molecule has 4 nitrogen and oxygen atoms in total. The Bertz CT molecular complexity index is 1150. The van der Waals surface area contributed by atoms with E-state index in [9.17, 15) is 19.1 Å². The SMILES string of the molecule is Cc1cc(/C(O)=C2/C(=O)C(=O)N(c3ccccc3)C2c2sccc2C)ccc1F. The molecular formula is C23H18FNO3S. The lowest BCUT2D eigenvalue weighted by atomic mass is 9.97.